The number of fused-ring (bicyclic) bond motifs is 1. The second-order valence-electron chi connectivity index (χ2n) is 9.59. The predicted octanol–water partition coefficient (Wildman–Crippen LogP) is 4.71. The summed E-state index contributed by atoms with van der Waals surface area (Å²) < 4.78 is 16.4. The average Bonchev–Trinajstić information content (AvgIpc) is 3.58. The van der Waals surface area contributed by atoms with Gasteiger partial charge in [-0.1, -0.05) is 36.4 Å². The number of likely N-dealkylation sites (tertiary alicyclic amines) is 1. The van der Waals surface area contributed by atoms with Crippen molar-refractivity contribution in [2.45, 2.75) is 31.8 Å². The number of para-hydroxylation sites is 1. The van der Waals surface area contributed by atoms with Gasteiger partial charge in [0.25, 0.3) is 0 Å². The number of carbonyl (C=O) groups excluding carboxylic acids is 1. The number of likely N-dealkylation sites (N-methyl/N-ethyl adjacent to an activating group) is 1. The minimum absolute atomic E-state index is 0.0762. The molecule has 2 aliphatic rings. The molecule has 0 radical (unpaired) electrons. The van der Waals surface area contributed by atoms with Crippen LogP contribution in [0, 0.1) is 5.92 Å². The molecular formula is C30H32N2O6. The standard InChI is InChI=1S/C30H32N2O6/c1-4-31(22-8-6-5-7-9-22)29(33)19(2)32-17-24(21-12-15-25-26(16-21)38-18-37-25)27(30(34)35)28(32)20-10-13-23(36-3)14-11-20/h5-16,19,24,27-28H,4,17-18H2,1-3H3,(H,34,35). The molecule has 0 aliphatic carbocycles. The third-order valence-electron chi connectivity index (χ3n) is 7.61. The van der Waals surface area contributed by atoms with Gasteiger partial charge >= 0.3 is 5.97 Å². The summed E-state index contributed by atoms with van der Waals surface area (Å²) in [7, 11) is 1.59. The molecule has 0 aromatic heterocycles. The number of anilines is 1. The molecule has 1 amide bonds. The lowest BCUT2D eigenvalue weighted by atomic mass is 9.82. The van der Waals surface area contributed by atoms with Gasteiger partial charge in [-0.25, -0.2) is 0 Å². The number of carboxylic acid groups (broad SMARTS) is 1. The maximum absolute atomic E-state index is 13.9. The highest BCUT2D eigenvalue weighted by molar-refractivity contribution is 5.97. The molecule has 3 aromatic carbocycles. The van der Waals surface area contributed by atoms with E-state index in [1.54, 1.807) is 12.0 Å². The fourth-order valence-corrected chi connectivity index (χ4v) is 5.68. The highest BCUT2D eigenvalue weighted by Gasteiger charge is 2.50. The van der Waals surface area contributed by atoms with E-state index in [1.807, 2.05) is 91.5 Å². The minimum atomic E-state index is -0.911. The first-order chi connectivity index (χ1) is 18.4. The topological polar surface area (TPSA) is 88.5 Å². The van der Waals surface area contributed by atoms with Crippen LogP contribution in [0.3, 0.4) is 0 Å². The molecule has 0 bridgehead atoms. The number of ether oxygens (including phenoxy) is 3. The Morgan fingerprint density at radius 2 is 1.71 bits per heavy atom. The van der Waals surface area contributed by atoms with Crippen LogP contribution in [0.2, 0.25) is 0 Å². The number of hydrogen-bond donors (Lipinski definition) is 1. The van der Waals surface area contributed by atoms with E-state index in [4.69, 9.17) is 14.2 Å². The summed E-state index contributed by atoms with van der Waals surface area (Å²) in [6, 6.07) is 21.5. The molecule has 0 spiro atoms. The van der Waals surface area contributed by atoms with E-state index < -0.39 is 24.0 Å². The molecule has 5 rings (SSSR count). The molecule has 1 N–H and O–H groups in total. The average molecular weight is 517 g/mol. The van der Waals surface area contributed by atoms with Gasteiger partial charge in [-0.2, -0.15) is 0 Å². The van der Waals surface area contributed by atoms with Crippen LogP contribution in [-0.4, -0.2) is 54.9 Å². The Bertz CT molecular complexity index is 1300. The number of amides is 1. The maximum atomic E-state index is 13.9. The Morgan fingerprint density at radius 1 is 1.03 bits per heavy atom. The zero-order valence-electron chi connectivity index (χ0n) is 21.7. The van der Waals surface area contributed by atoms with Crippen LogP contribution < -0.4 is 19.1 Å². The Kier molecular flexibility index (Phi) is 7.24. The van der Waals surface area contributed by atoms with E-state index >= 15 is 0 Å². The molecular weight excluding hydrogens is 484 g/mol. The van der Waals surface area contributed by atoms with E-state index in [1.165, 1.54) is 0 Å². The van der Waals surface area contributed by atoms with Crippen molar-refractivity contribution >= 4 is 17.6 Å². The highest BCUT2D eigenvalue weighted by atomic mass is 16.7. The smallest absolute Gasteiger partial charge is 0.309 e. The number of aliphatic carboxylic acids is 1. The summed E-state index contributed by atoms with van der Waals surface area (Å²) in [6.07, 6.45) is 0. The maximum Gasteiger partial charge on any atom is 0.309 e. The number of carboxylic acids is 1. The summed E-state index contributed by atoms with van der Waals surface area (Å²) in [5.41, 5.74) is 2.48. The molecule has 1 saturated heterocycles. The Morgan fingerprint density at radius 3 is 2.37 bits per heavy atom. The first-order valence-corrected chi connectivity index (χ1v) is 12.8. The largest absolute Gasteiger partial charge is 0.497 e. The summed E-state index contributed by atoms with van der Waals surface area (Å²) >= 11 is 0. The molecule has 4 atom stereocenters. The molecule has 3 aromatic rings. The van der Waals surface area contributed by atoms with Crippen LogP contribution in [0.5, 0.6) is 17.2 Å². The van der Waals surface area contributed by atoms with Gasteiger partial charge in [0.1, 0.15) is 5.75 Å². The molecule has 8 nitrogen and oxygen atoms in total. The second kappa shape index (κ2) is 10.8. The molecule has 38 heavy (non-hydrogen) atoms. The van der Waals surface area contributed by atoms with E-state index in [0.29, 0.717) is 30.3 Å². The number of rotatable bonds is 8. The van der Waals surface area contributed by atoms with Crippen molar-refractivity contribution in [1.29, 1.82) is 0 Å². The van der Waals surface area contributed by atoms with Crippen molar-refractivity contribution in [3.05, 3.63) is 83.9 Å². The van der Waals surface area contributed by atoms with Crippen LogP contribution in [0.25, 0.3) is 0 Å². The SMILES string of the molecule is CCN(C(=O)C(C)N1CC(c2ccc3c(c2)OCO3)C(C(=O)O)C1c1ccc(OC)cc1)c1ccccc1. The Hall–Kier alpha value is -4.04. The van der Waals surface area contributed by atoms with Crippen molar-refractivity contribution in [1.82, 2.24) is 4.90 Å². The van der Waals surface area contributed by atoms with Gasteiger partial charge in [0.05, 0.1) is 19.1 Å². The predicted molar refractivity (Wildman–Crippen MR) is 143 cm³/mol. The van der Waals surface area contributed by atoms with Crippen molar-refractivity contribution < 1.29 is 28.9 Å². The molecule has 2 heterocycles. The number of hydrogen-bond acceptors (Lipinski definition) is 6. The summed E-state index contributed by atoms with van der Waals surface area (Å²) in [4.78, 5) is 30.5. The fraction of sp³-hybridized carbons (Fsp3) is 0.333. The van der Waals surface area contributed by atoms with E-state index in [-0.39, 0.29) is 18.6 Å². The Labute approximate surface area is 222 Å². The minimum Gasteiger partial charge on any atom is -0.497 e. The number of methoxy groups -OCH3 is 1. The lowest BCUT2D eigenvalue weighted by molar-refractivity contribution is -0.143. The zero-order valence-corrected chi connectivity index (χ0v) is 21.7. The highest BCUT2D eigenvalue weighted by Crippen LogP contribution is 2.49. The molecule has 8 heteroatoms. The van der Waals surface area contributed by atoms with Gasteiger partial charge in [-0.3, -0.25) is 14.5 Å². The van der Waals surface area contributed by atoms with Crippen molar-refractivity contribution in [2.75, 3.05) is 31.9 Å². The van der Waals surface area contributed by atoms with Crippen molar-refractivity contribution in [3.8, 4) is 17.2 Å². The van der Waals surface area contributed by atoms with Gasteiger partial charge in [0, 0.05) is 30.7 Å². The molecule has 198 valence electrons. The summed E-state index contributed by atoms with van der Waals surface area (Å²) in [5, 5.41) is 10.5. The van der Waals surface area contributed by atoms with Crippen molar-refractivity contribution in [2.24, 2.45) is 5.92 Å². The van der Waals surface area contributed by atoms with E-state index in [2.05, 4.69) is 0 Å². The molecule has 2 aliphatic heterocycles. The van der Waals surface area contributed by atoms with Crippen LogP contribution >= 0.6 is 0 Å². The van der Waals surface area contributed by atoms with Crippen molar-refractivity contribution in [3.63, 3.8) is 0 Å². The van der Waals surface area contributed by atoms with Gasteiger partial charge in [0.15, 0.2) is 11.5 Å². The van der Waals surface area contributed by atoms with E-state index in [0.717, 1.165) is 16.8 Å². The van der Waals surface area contributed by atoms with Crippen LogP contribution in [-0.2, 0) is 9.59 Å². The quantitative estimate of drug-likeness (QED) is 0.464. The van der Waals surface area contributed by atoms with Gasteiger partial charge in [-0.15, -0.1) is 0 Å². The van der Waals surface area contributed by atoms with Crippen LogP contribution in [0.4, 0.5) is 5.69 Å². The summed E-state index contributed by atoms with van der Waals surface area (Å²) in [6.45, 7) is 4.85. The molecule has 4 unspecified atom stereocenters. The first kappa shape index (κ1) is 25.6. The Balaban J connectivity index is 1.55. The monoisotopic (exact) mass is 516 g/mol. The fourth-order valence-electron chi connectivity index (χ4n) is 5.68. The number of nitrogens with zero attached hydrogens (tertiary/aromatic N) is 2. The number of carbonyl (C=O) groups is 2. The zero-order chi connectivity index (χ0) is 26.8. The third kappa shape index (κ3) is 4.67. The van der Waals surface area contributed by atoms with Crippen LogP contribution in [0.15, 0.2) is 72.8 Å². The van der Waals surface area contributed by atoms with Gasteiger partial charge in [-0.05, 0) is 61.4 Å². The number of benzene rings is 3. The molecule has 0 saturated carbocycles. The third-order valence-corrected chi connectivity index (χ3v) is 7.61. The molecule has 1 fully saturated rings. The second-order valence-corrected chi connectivity index (χ2v) is 9.59. The first-order valence-electron chi connectivity index (χ1n) is 12.8. The van der Waals surface area contributed by atoms with E-state index in [9.17, 15) is 14.7 Å². The normalized spacial score (nSPS) is 21.2. The van der Waals surface area contributed by atoms with Gasteiger partial charge in [0.2, 0.25) is 12.7 Å². The summed E-state index contributed by atoms with van der Waals surface area (Å²) in [5.74, 6) is -0.202. The van der Waals surface area contributed by atoms with Gasteiger partial charge < -0.3 is 24.2 Å². The van der Waals surface area contributed by atoms with Crippen LogP contribution in [0.1, 0.15) is 36.9 Å². The lowest BCUT2D eigenvalue weighted by Crippen LogP contribution is -2.47. The lowest BCUT2D eigenvalue weighted by Gasteiger charge is -2.34.